The van der Waals surface area contributed by atoms with Crippen LogP contribution in [0.4, 0.5) is 0 Å². The Balaban J connectivity index is 2.44. The quantitative estimate of drug-likeness (QED) is 0.834. The number of rotatable bonds is 4. The molecule has 0 spiro atoms. The van der Waals surface area contributed by atoms with Gasteiger partial charge in [0.05, 0.1) is 6.04 Å². The summed E-state index contributed by atoms with van der Waals surface area (Å²) in [6.45, 7) is 0. The largest absolute Gasteiger partial charge is 0.480 e. The number of hydrogen-bond acceptors (Lipinski definition) is 5. The molecule has 3 N–H and O–H groups in total. The molecule has 2 atom stereocenters. The molecule has 0 aliphatic heterocycles. The van der Waals surface area contributed by atoms with Gasteiger partial charge in [-0.1, -0.05) is 6.07 Å². The molecule has 6 nitrogen and oxygen atoms in total. The summed E-state index contributed by atoms with van der Waals surface area (Å²) in [6, 6.07) is 3.96. The van der Waals surface area contributed by atoms with E-state index in [2.05, 4.69) is 4.98 Å². The van der Waals surface area contributed by atoms with E-state index in [-0.39, 0.29) is 0 Å². The van der Waals surface area contributed by atoms with Crippen LogP contribution in [-0.4, -0.2) is 41.1 Å². The van der Waals surface area contributed by atoms with Crippen molar-refractivity contribution in [1.29, 1.82) is 0 Å². The van der Waals surface area contributed by atoms with E-state index in [4.69, 9.17) is 15.3 Å². The zero-order valence-corrected chi connectivity index (χ0v) is 10.2. The fourth-order valence-corrected chi connectivity index (χ4v) is 2.02. The van der Waals surface area contributed by atoms with Gasteiger partial charge in [0.1, 0.15) is 11.6 Å². The van der Waals surface area contributed by atoms with Crippen molar-refractivity contribution in [3.05, 3.63) is 30.2 Å². The molecule has 0 amide bonds. The second-order valence-corrected chi connectivity index (χ2v) is 4.35. The van der Waals surface area contributed by atoms with E-state index in [9.17, 15) is 4.79 Å². The number of oxazole rings is 1. The third-order valence-electron chi connectivity index (χ3n) is 2.88. The highest BCUT2D eigenvalue weighted by Crippen LogP contribution is 2.25. The lowest BCUT2D eigenvalue weighted by molar-refractivity contribution is -0.140. The Kier molecular flexibility index (Phi) is 3.31. The summed E-state index contributed by atoms with van der Waals surface area (Å²) < 4.78 is 5.21. The number of carboxylic acid groups (broad SMARTS) is 1. The Morgan fingerprint density at radius 1 is 1.50 bits per heavy atom. The molecule has 2 aromatic rings. The van der Waals surface area contributed by atoms with Crippen molar-refractivity contribution in [2.45, 2.75) is 12.1 Å². The molecule has 1 heterocycles. The average molecular weight is 249 g/mol. The van der Waals surface area contributed by atoms with Gasteiger partial charge in [-0.15, -0.1) is 0 Å². The number of carbonyl (C=O) groups is 1. The third-order valence-corrected chi connectivity index (χ3v) is 2.88. The first kappa shape index (κ1) is 12.5. The SMILES string of the molecule is CN(C)C(c1ccc2ncoc2c1)C(N)C(=O)O. The van der Waals surface area contributed by atoms with Gasteiger partial charge in [-0.25, -0.2) is 4.98 Å². The normalized spacial score (nSPS) is 14.9. The number of likely N-dealkylation sites (N-methyl/N-ethyl adjacent to an activating group) is 1. The number of fused-ring (bicyclic) bond motifs is 1. The molecule has 0 bridgehead atoms. The zero-order valence-electron chi connectivity index (χ0n) is 10.2. The van der Waals surface area contributed by atoms with E-state index in [0.29, 0.717) is 5.58 Å². The lowest BCUT2D eigenvalue weighted by Gasteiger charge is -2.27. The van der Waals surface area contributed by atoms with Gasteiger partial charge in [-0.2, -0.15) is 0 Å². The highest BCUT2D eigenvalue weighted by atomic mass is 16.4. The summed E-state index contributed by atoms with van der Waals surface area (Å²) in [6.07, 6.45) is 1.36. The number of hydrogen-bond donors (Lipinski definition) is 2. The van der Waals surface area contributed by atoms with Crippen molar-refractivity contribution < 1.29 is 14.3 Å². The monoisotopic (exact) mass is 249 g/mol. The first-order chi connectivity index (χ1) is 8.50. The predicted molar refractivity (Wildman–Crippen MR) is 66.0 cm³/mol. The first-order valence-corrected chi connectivity index (χ1v) is 5.48. The lowest BCUT2D eigenvalue weighted by atomic mass is 9.98. The molecular weight excluding hydrogens is 234 g/mol. The number of nitrogens with zero attached hydrogens (tertiary/aromatic N) is 2. The van der Waals surface area contributed by atoms with Crippen LogP contribution in [0.1, 0.15) is 11.6 Å². The maximum absolute atomic E-state index is 11.0. The molecule has 96 valence electrons. The summed E-state index contributed by atoms with van der Waals surface area (Å²) >= 11 is 0. The summed E-state index contributed by atoms with van der Waals surface area (Å²) in [4.78, 5) is 16.8. The van der Waals surface area contributed by atoms with Crippen molar-refractivity contribution >= 4 is 17.1 Å². The molecule has 0 saturated carbocycles. The van der Waals surface area contributed by atoms with Gasteiger partial charge < -0.3 is 20.2 Å². The van der Waals surface area contributed by atoms with Crippen molar-refractivity contribution in [2.75, 3.05) is 14.1 Å². The highest BCUT2D eigenvalue weighted by molar-refractivity contribution is 5.76. The molecule has 0 saturated heterocycles. The van der Waals surface area contributed by atoms with Crippen LogP contribution in [0.25, 0.3) is 11.1 Å². The van der Waals surface area contributed by atoms with Gasteiger partial charge in [-0.3, -0.25) is 4.79 Å². The minimum atomic E-state index is -1.04. The van der Waals surface area contributed by atoms with Gasteiger partial charge in [0.25, 0.3) is 0 Å². The maximum atomic E-state index is 11.0. The lowest BCUT2D eigenvalue weighted by Crippen LogP contribution is -2.43. The molecule has 1 aromatic carbocycles. The third kappa shape index (κ3) is 2.20. The highest BCUT2D eigenvalue weighted by Gasteiger charge is 2.28. The fraction of sp³-hybridized carbons (Fsp3) is 0.333. The summed E-state index contributed by atoms with van der Waals surface area (Å²) in [5.74, 6) is -1.04. The van der Waals surface area contributed by atoms with E-state index >= 15 is 0 Å². The number of carboxylic acids is 1. The van der Waals surface area contributed by atoms with Crippen molar-refractivity contribution in [2.24, 2.45) is 5.73 Å². The fourth-order valence-electron chi connectivity index (χ4n) is 2.02. The molecule has 0 fully saturated rings. The van der Waals surface area contributed by atoms with Crippen LogP contribution in [0.15, 0.2) is 29.0 Å². The number of aromatic nitrogens is 1. The van der Waals surface area contributed by atoms with Gasteiger partial charge in [-0.05, 0) is 31.8 Å². The molecule has 0 aliphatic carbocycles. The van der Waals surface area contributed by atoms with Crippen LogP contribution in [-0.2, 0) is 4.79 Å². The van der Waals surface area contributed by atoms with E-state index in [1.807, 2.05) is 6.07 Å². The van der Waals surface area contributed by atoms with Gasteiger partial charge in [0, 0.05) is 0 Å². The molecular formula is C12H15N3O3. The standard InChI is InChI=1S/C12H15N3O3/c1-15(2)11(10(13)12(16)17)7-3-4-8-9(5-7)18-6-14-8/h3-6,10-11H,13H2,1-2H3,(H,16,17). The Morgan fingerprint density at radius 2 is 2.22 bits per heavy atom. The van der Waals surface area contributed by atoms with Crippen LogP contribution in [0.3, 0.4) is 0 Å². The number of nitrogens with two attached hydrogens (primary N) is 1. The summed E-state index contributed by atoms with van der Waals surface area (Å²) in [5, 5.41) is 9.05. The minimum Gasteiger partial charge on any atom is -0.480 e. The van der Waals surface area contributed by atoms with Crippen molar-refractivity contribution in [3.63, 3.8) is 0 Å². The Morgan fingerprint density at radius 3 is 2.83 bits per heavy atom. The second kappa shape index (κ2) is 4.75. The van der Waals surface area contributed by atoms with Crippen LogP contribution >= 0.6 is 0 Å². The molecule has 1 aromatic heterocycles. The first-order valence-electron chi connectivity index (χ1n) is 5.48. The van der Waals surface area contributed by atoms with Gasteiger partial charge in [0.2, 0.25) is 0 Å². The smallest absolute Gasteiger partial charge is 0.322 e. The molecule has 2 rings (SSSR count). The van der Waals surface area contributed by atoms with E-state index < -0.39 is 18.1 Å². The van der Waals surface area contributed by atoms with Crippen molar-refractivity contribution in [3.8, 4) is 0 Å². The Labute approximate surface area is 104 Å². The average Bonchev–Trinajstić information content (AvgIpc) is 2.75. The van der Waals surface area contributed by atoms with Crippen LogP contribution in [0.5, 0.6) is 0 Å². The second-order valence-electron chi connectivity index (χ2n) is 4.35. The number of benzene rings is 1. The molecule has 18 heavy (non-hydrogen) atoms. The van der Waals surface area contributed by atoms with E-state index in [1.54, 1.807) is 31.1 Å². The Bertz CT molecular complexity index is 564. The molecule has 0 radical (unpaired) electrons. The predicted octanol–water partition coefficient (Wildman–Crippen LogP) is 0.842. The molecule has 2 unspecified atom stereocenters. The maximum Gasteiger partial charge on any atom is 0.322 e. The van der Waals surface area contributed by atoms with Crippen LogP contribution in [0.2, 0.25) is 0 Å². The van der Waals surface area contributed by atoms with Gasteiger partial charge in [0.15, 0.2) is 12.0 Å². The van der Waals surface area contributed by atoms with E-state index in [1.165, 1.54) is 6.39 Å². The van der Waals surface area contributed by atoms with Gasteiger partial charge >= 0.3 is 5.97 Å². The topological polar surface area (TPSA) is 92.6 Å². The van der Waals surface area contributed by atoms with E-state index in [0.717, 1.165) is 11.1 Å². The molecule has 6 heteroatoms. The minimum absolute atomic E-state index is 0.419. The Hall–Kier alpha value is -1.92. The zero-order chi connectivity index (χ0) is 13.3. The summed E-state index contributed by atoms with van der Waals surface area (Å²) in [7, 11) is 3.58. The van der Waals surface area contributed by atoms with Crippen LogP contribution < -0.4 is 5.73 Å². The van der Waals surface area contributed by atoms with Crippen molar-refractivity contribution in [1.82, 2.24) is 9.88 Å². The molecule has 0 aliphatic rings. The van der Waals surface area contributed by atoms with Crippen LogP contribution in [0, 0.1) is 0 Å². The summed E-state index contributed by atoms with van der Waals surface area (Å²) in [5.41, 5.74) is 7.87. The number of aliphatic carboxylic acids is 1.